The Balaban J connectivity index is 2.89. The normalized spacial score (nSPS) is 17.0. The Bertz CT molecular complexity index is 206. The van der Waals surface area contributed by atoms with Gasteiger partial charge in [0.05, 0.1) is 10.7 Å². The van der Waals surface area contributed by atoms with Gasteiger partial charge in [-0.15, -0.1) is 0 Å². The highest BCUT2D eigenvalue weighted by atomic mass is 16.6. The standard InChI is InChI=1S/C4H5N3O2/c1-3-2-5-6-4(3)7(8)9/h2H2,1H3. The van der Waals surface area contributed by atoms with Crippen molar-refractivity contribution in [3.63, 3.8) is 0 Å². The van der Waals surface area contributed by atoms with Crippen LogP contribution in [0.5, 0.6) is 0 Å². The molecule has 5 heteroatoms. The summed E-state index contributed by atoms with van der Waals surface area (Å²) in [7, 11) is 0. The molecule has 0 saturated carbocycles. The van der Waals surface area contributed by atoms with Crippen molar-refractivity contribution in [2.75, 3.05) is 6.54 Å². The minimum Gasteiger partial charge on any atom is -0.358 e. The lowest BCUT2D eigenvalue weighted by molar-refractivity contribution is -0.427. The van der Waals surface area contributed by atoms with Crippen molar-refractivity contribution in [2.45, 2.75) is 6.92 Å². The van der Waals surface area contributed by atoms with E-state index in [9.17, 15) is 10.1 Å². The zero-order valence-electron chi connectivity index (χ0n) is 4.87. The summed E-state index contributed by atoms with van der Waals surface area (Å²) in [5.74, 6) is -0.102. The van der Waals surface area contributed by atoms with Crippen molar-refractivity contribution < 1.29 is 4.92 Å². The molecule has 5 nitrogen and oxygen atoms in total. The lowest BCUT2D eigenvalue weighted by Crippen LogP contribution is -1.95. The van der Waals surface area contributed by atoms with Crippen LogP contribution in [0.15, 0.2) is 21.6 Å². The number of hydrogen-bond acceptors (Lipinski definition) is 4. The fourth-order valence-electron chi connectivity index (χ4n) is 0.557. The first kappa shape index (κ1) is 5.87. The Kier molecular flexibility index (Phi) is 1.26. The third kappa shape index (κ3) is 0.933. The quantitative estimate of drug-likeness (QED) is 0.389. The summed E-state index contributed by atoms with van der Waals surface area (Å²) in [5.41, 5.74) is 0.625. The second-order valence-electron chi connectivity index (χ2n) is 1.76. The summed E-state index contributed by atoms with van der Waals surface area (Å²) in [5, 5.41) is 16.8. The molecule has 0 aromatic heterocycles. The molecule has 0 spiro atoms. The number of azo groups is 1. The molecule has 1 aliphatic rings. The molecular weight excluding hydrogens is 122 g/mol. The van der Waals surface area contributed by atoms with Gasteiger partial charge in [0.1, 0.15) is 6.54 Å². The number of hydrogen-bond donors (Lipinski definition) is 0. The van der Waals surface area contributed by atoms with E-state index in [2.05, 4.69) is 10.2 Å². The summed E-state index contributed by atoms with van der Waals surface area (Å²) < 4.78 is 0. The van der Waals surface area contributed by atoms with Crippen molar-refractivity contribution in [2.24, 2.45) is 10.2 Å². The van der Waals surface area contributed by atoms with Crippen molar-refractivity contribution in [1.29, 1.82) is 0 Å². The van der Waals surface area contributed by atoms with Crippen LogP contribution in [0.25, 0.3) is 0 Å². The smallest absolute Gasteiger partial charge is 0.358 e. The van der Waals surface area contributed by atoms with Crippen LogP contribution in [-0.4, -0.2) is 11.5 Å². The molecule has 9 heavy (non-hydrogen) atoms. The van der Waals surface area contributed by atoms with Crippen molar-refractivity contribution in [1.82, 2.24) is 0 Å². The van der Waals surface area contributed by atoms with Crippen LogP contribution >= 0.6 is 0 Å². The minimum absolute atomic E-state index is 0.102. The maximum Gasteiger partial charge on any atom is 0.391 e. The van der Waals surface area contributed by atoms with Gasteiger partial charge in [0, 0.05) is 0 Å². The molecule has 0 aromatic rings. The molecule has 0 aliphatic carbocycles. The van der Waals surface area contributed by atoms with Gasteiger partial charge in [-0.3, -0.25) is 0 Å². The Labute approximate surface area is 51.2 Å². The molecule has 0 amide bonds. The first-order chi connectivity index (χ1) is 4.22. The molecule has 0 atom stereocenters. The van der Waals surface area contributed by atoms with Crippen LogP contribution in [0.2, 0.25) is 0 Å². The molecular formula is C4H5N3O2. The van der Waals surface area contributed by atoms with Gasteiger partial charge in [-0.1, -0.05) is 5.11 Å². The average Bonchev–Trinajstić information content (AvgIpc) is 2.13. The van der Waals surface area contributed by atoms with Gasteiger partial charge < -0.3 is 10.1 Å². The van der Waals surface area contributed by atoms with Crippen molar-refractivity contribution >= 4 is 0 Å². The molecule has 48 valence electrons. The number of rotatable bonds is 1. The van der Waals surface area contributed by atoms with Crippen molar-refractivity contribution in [3.05, 3.63) is 21.5 Å². The van der Waals surface area contributed by atoms with Crippen LogP contribution in [0.4, 0.5) is 0 Å². The first-order valence-corrected chi connectivity index (χ1v) is 2.43. The monoisotopic (exact) mass is 127 g/mol. The Morgan fingerprint density at radius 1 is 1.78 bits per heavy atom. The molecule has 1 rings (SSSR count). The van der Waals surface area contributed by atoms with Crippen LogP contribution < -0.4 is 0 Å². The molecule has 0 N–H and O–H groups in total. The maximum atomic E-state index is 10.0. The van der Waals surface area contributed by atoms with E-state index in [1.54, 1.807) is 6.92 Å². The van der Waals surface area contributed by atoms with Crippen LogP contribution in [-0.2, 0) is 0 Å². The van der Waals surface area contributed by atoms with Crippen molar-refractivity contribution in [3.8, 4) is 0 Å². The first-order valence-electron chi connectivity index (χ1n) is 2.43. The van der Waals surface area contributed by atoms with Gasteiger partial charge in [-0.2, -0.15) is 0 Å². The van der Waals surface area contributed by atoms with Crippen LogP contribution in [0.1, 0.15) is 6.92 Å². The van der Waals surface area contributed by atoms with Gasteiger partial charge in [0.15, 0.2) is 0 Å². The third-order valence-corrected chi connectivity index (χ3v) is 1.03. The highest BCUT2D eigenvalue weighted by Crippen LogP contribution is 2.13. The van der Waals surface area contributed by atoms with Gasteiger partial charge in [0.2, 0.25) is 0 Å². The molecule has 0 fully saturated rings. The highest BCUT2D eigenvalue weighted by Gasteiger charge is 2.19. The second kappa shape index (κ2) is 1.93. The lowest BCUT2D eigenvalue weighted by Gasteiger charge is -1.87. The summed E-state index contributed by atoms with van der Waals surface area (Å²) in [6.45, 7) is 2.02. The molecule has 0 bridgehead atoms. The fraction of sp³-hybridized carbons (Fsp3) is 0.500. The van der Waals surface area contributed by atoms with E-state index < -0.39 is 4.92 Å². The van der Waals surface area contributed by atoms with Crippen LogP contribution in [0.3, 0.4) is 0 Å². The van der Waals surface area contributed by atoms with Gasteiger partial charge in [0.25, 0.3) is 0 Å². The third-order valence-electron chi connectivity index (χ3n) is 1.03. The maximum absolute atomic E-state index is 10.0. The highest BCUT2D eigenvalue weighted by molar-refractivity contribution is 5.08. The van der Waals surface area contributed by atoms with Gasteiger partial charge >= 0.3 is 5.82 Å². The predicted molar refractivity (Wildman–Crippen MR) is 29.4 cm³/mol. The zero-order valence-corrected chi connectivity index (χ0v) is 4.87. The Morgan fingerprint density at radius 3 is 2.67 bits per heavy atom. The summed E-state index contributed by atoms with van der Waals surface area (Å²) in [6.07, 6.45) is 0. The number of nitrogens with zero attached hydrogens (tertiary/aromatic N) is 3. The molecule has 1 aliphatic heterocycles. The Hall–Kier alpha value is -1.26. The molecule has 1 heterocycles. The molecule has 0 saturated heterocycles. The van der Waals surface area contributed by atoms with E-state index in [-0.39, 0.29) is 5.82 Å². The lowest BCUT2D eigenvalue weighted by atomic mass is 10.3. The summed E-state index contributed by atoms with van der Waals surface area (Å²) in [6, 6.07) is 0. The van der Waals surface area contributed by atoms with E-state index in [4.69, 9.17) is 0 Å². The van der Waals surface area contributed by atoms with E-state index >= 15 is 0 Å². The van der Waals surface area contributed by atoms with E-state index in [0.29, 0.717) is 12.1 Å². The molecule has 0 aromatic carbocycles. The molecule has 0 unspecified atom stereocenters. The van der Waals surface area contributed by atoms with E-state index in [1.165, 1.54) is 0 Å². The van der Waals surface area contributed by atoms with E-state index in [0.717, 1.165) is 0 Å². The average molecular weight is 127 g/mol. The van der Waals surface area contributed by atoms with Gasteiger partial charge in [-0.25, -0.2) is 0 Å². The fourth-order valence-corrected chi connectivity index (χ4v) is 0.557. The topological polar surface area (TPSA) is 67.9 Å². The minimum atomic E-state index is -0.522. The largest absolute Gasteiger partial charge is 0.391 e. The Morgan fingerprint density at radius 2 is 2.44 bits per heavy atom. The van der Waals surface area contributed by atoms with E-state index in [1.807, 2.05) is 0 Å². The number of nitro groups is 1. The predicted octanol–water partition coefficient (Wildman–Crippen LogP) is 0.960. The van der Waals surface area contributed by atoms with Gasteiger partial charge in [-0.05, 0) is 11.8 Å². The van der Waals surface area contributed by atoms with Crippen LogP contribution in [0, 0.1) is 10.1 Å². The molecule has 0 radical (unpaired) electrons. The second-order valence-corrected chi connectivity index (χ2v) is 1.76. The summed E-state index contributed by atoms with van der Waals surface area (Å²) >= 11 is 0. The summed E-state index contributed by atoms with van der Waals surface area (Å²) in [4.78, 5) is 9.48. The SMILES string of the molecule is CC1=C([N+](=O)[O-])N=NC1. The zero-order chi connectivity index (χ0) is 6.85.